The van der Waals surface area contributed by atoms with Gasteiger partial charge in [-0.1, -0.05) is 6.07 Å². The second-order valence-corrected chi connectivity index (χ2v) is 5.96. The molecule has 0 bridgehead atoms. The largest absolute Gasteiger partial charge is 0.493 e. The van der Waals surface area contributed by atoms with Crippen molar-refractivity contribution in [1.29, 1.82) is 0 Å². The van der Waals surface area contributed by atoms with Gasteiger partial charge < -0.3 is 14.8 Å². The van der Waals surface area contributed by atoms with E-state index in [0.29, 0.717) is 18.0 Å². The summed E-state index contributed by atoms with van der Waals surface area (Å²) in [6, 6.07) is 13.1. The number of aromatic nitrogens is 2. The van der Waals surface area contributed by atoms with Crippen LogP contribution in [0.1, 0.15) is 11.1 Å². The molecule has 6 heteroatoms. The molecule has 0 aliphatic heterocycles. The van der Waals surface area contributed by atoms with Gasteiger partial charge >= 0.3 is 0 Å². The van der Waals surface area contributed by atoms with Crippen molar-refractivity contribution in [2.75, 3.05) is 14.2 Å². The van der Waals surface area contributed by atoms with E-state index in [4.69, 9.17) is 9.47 Å². The van der Waals surface area contributed by atoms with Crippen molar-refractivity contribution in [3.05, 3.63) is 78.3 Å². The summed E-state index contributed by atoms with van der Waals surface area (Å²) in [5.74, 6) is 1.07. The van der Waals surface area contributed by atoms with Crippen LogP contribution in [0.15, 0.2) is 67.1 Å². The molecule has 2 aromatic heterocycles. The van der Waals surface area contributed by atoms with Gasteiger partial charge in [0.15, 0.2) is 11.5 Å². The minimum Gasteiger partial charge on any atom is -0.493 e. The summed E-state index contributed by atoms with van der Waals surface area (Å²) in [4.78, 5) is 20.6. The molecule has 6 nitrogen and oxygen atoms in total. The average Bonchev–Trinajstić information content (AvgIpc) is 2.76. The van der Waals surface area contributed by atoms with Gasteiger partial charge in [0.1, 0.15) is 0 Å². The number of pyridine rings is 2. The highest BCUT2D eigenvalue weighted by molar-refractivity contribution is 5.91. The number of amides is 1. The molecule has 1 N–H and O–H groups in total. The molecule has 0 radical (unpaired) electrons. The maximum absolute atomic E-state index is 12.1. The number of hydrogen-bond acceptors (Lipinski definition) is 5. The van der Waals surface area contributed by atoms with Crippen LogP contribution >= 0.6 is 0 Å². The fourth-order valence-corrected chi connectivity index (χ4v) is 2.63. The molecule has 0 aliphatic rings. The van der Waals surface area contributed by atoms with Gasteiger partial charge in [-0.25, -0.2) is 0 Å². The predicted molar refractivity (Wildman–Crippen MR) is 108 cm³/mol. The molecule has 142 valence electrons. The Bertz CT molecular complexity index is 972. The van der Waals surface area contributed by atoms with Gasteiger partial charge in [-0.15, -0.1) is 0 Å². The number of carbonyl (C=O) groups excluding carboxylic acids is 1. The lowest BCUT2D eigenvalue weighted by Crippen LogP contribution is -2.20. The molecular formula is C22H21N3O3. The smallest absolute Gasteiger partial charge is 0.244 e. The SMILES string of the molecule is COc1ccc(/C=C/C(=O)NCc2ccnc(-c3cccnc3)c2)cc1OC. The van der Waals surface area contributed by atoms with Gasteiger partial charge in [0.2, 0.25) is 5.91 Å². The van der Waals surface area contributed by atoms with E-state index in [1.807, 2.05) is 36.4 Å². The second-order valence-electron chi connectivity index (χ2n) is 5.96. The molecule has 1 amide bonds. The first-order valence-electron chi connectivity index (χ1n) is 8.73. The first kappa shape index (κ1) is 19.1. The number of nitrogens with one attached hydrogen (secondary N) is 1. The van der Waals surface area contributed by atoms with Gasteiger partial charge in [0, 0.05) is 36.8 Å². The molecule has 3 aromatic rings. The normalized spacial score (nSPS) is 10.6. The predicted octanol–water partition coefficient (Wildman–Crippen LogP) is 3.49. The van der Waals surface area contributed by atoms with Crippen LogP contribution in [0.2, 0.25) is 0 Å². The van der Waals surface area contributed by atoms with E-state index in [2.05, 4.69) is 15.3 Å². The third kappa shape index (κ3) is 4.94. The third-order valence-corrected chi connectivity index (χ3v) is 4.08. The number of nitrogens with zero attached hydrogens (tertiary/aromatic N) is 2. The zero-order valence-electron chi connectivity index (χ0n) is 15.8. The Kier molecular flexibility index (Phi) is 6.36. The van der Waals surface area contributed by atoms with Crippen LogP contribution in [0.3, 0.4) is 0 Å². The maximum atomic E-state index is 12.1. The lowest BCUT2D eigenvalue weighted by molar-refractivity contribution is -0.116. The molecule has 0 fully saturated rings. The minimum absolute atomic E-state index is 0.186. The Morgan fingerprint density at radius 3 is 2.68 bits per heavy atom. The van der Waals surface area contributed by atoms with Crippen LogP contribution in [0.25, 0.3) is 17.3 Å². The van der Waals surface area contributed by atoms with Gasteiger partial charge in [-0.3, -0.25) is 14.8 Å². The number of rotatable bonds is 7. The summed E-state index contributed by atoms with van der Waals surface area (Å²) in [7, 11) is 3.16. The molecule has 2 heterocycles. The molecule has 1 aromatic carbocycles. The summed E-state index contributed by atoms with van der Waals surface area (Å²) in [5.41, 5.74) is 3.56. The molecule has 28 heavy (non-hydrogen) atoms. The van der Waals surface area contributed by atoms with E-state index >= 15 is 0 Å². The number of hydrogen-bond donors (Lipinski definition) is 1. The highest BCUT2D eigenvalue weighted by Crippen LogP contribution is 2.27. The quantitative estimate of drug-likeness (QED) is 0.640. The van der Waals surface area contributed by atoms with Crippen LogP contribution in [0.5, 0.6) is 11.5 Å². The van der Waals surface area contributed by atoms with E-state index in [0.717, 1.165) is 22.4 Å². The lowest BCUT2D eigenvalue weighted by Gasteiger charge is -2.07. The van der Waals surface area contributed by atoms with Gasteiger partial charge in [0.25, 0.3) is 0 Å². The molecule has 0 saturated carbocycles. The van der Waals surface area contributed by atoms with Crippen molar-refractivity contribution in [1.82, 2.24) is 15.3 Å². The Balaban J connectivity index is 1.61. The van der Waals surface area contributed by atoms with E-state index in [1.165, 1.54) is 6.08 Å². The zero-order chi connectivity index (χ0) is 19.8. The number of benzene rings is 1. The molecule has 3 rings (SSSR count). The summed E-state index contributed by atoms with van der Waals surface area (Å²) < 4.78 is 10.5. The van der Waals surface area contributed by atoms with Crippen molar-refractivity contribution < 1.29 is 14.3 Å². The Labute approximate surface area is 163 Å². The lowest BCUT2D eigenvalue weighted by atomic mass is 10.1. The second kappa shape index (κ2) is 9.32. The molecule has 0 saturated heterocycles. The fraction of sp³-hybridized carbons (Fsp3) is 0.136. The monoisotopic (exact) mass is 375 g/mol. The molecule has 0 atom stereocenters. The summed E-state index contributed by atoms with van der Waals surface area (Å²) in [5, 5.41) is 2.87. The van der Waals surface area contributed by atoms with E-state index in [-0.39, 0.29) is 5.91 Å². The zero-order valence-corrected chi connectivity index (χ0v) is 15.8. The molecule has 0 spiro atoms. The fourth-order valence-electron chi connectivity index (χ4n) is 2.63. The molecule has 0 unspecified atom stereocenters. The first-order valence-corrected chi connectivity index (χ1v) is 8.73. The van der Waals surface area contributed by atoms with Crippen LogP contribution < -0.4 is 14.8 Å². The summed E-state index contributed by atoms with van der Waals surface area (Å²) in [6.45, 7) is 0.408. The van der Waals surface area contributed by atoms with Crippen LogP contribution in [0.4, 0.5) is 0 Å². The van der Waals surface area contributed by atoms with E-state index in [9.17, 15) is 4.79 Å². The molecular weight excluding hydrogens is 354 g/mol. The maximum Gasteiger partial charge on any atom is 0.244 e. The number of ether oxygens (including phenoxy) is 2. The Morgan fingerprint density at radius 2 is 1.93 bits per heavy atom. The minimum atomic E-state index is -0.186. The Hall–Kier alpha value is -3.67. The van der Waals surface area contributed by atoms with Crippen molar-refractivity contribution in [3.63, 3.8) is 0 Å². The average molecular weight is 375 g/mol. The standard InChI is InChI=1S/C22H21N3O3/c1-27-20-7-5-16(13-21(20)28-2)6-8-22(26)25-14-17-9-11-24-19(12-17)18-4-3-10-23-15-18/h3-13,15H,14H2,1-2H3,(H,25,26)/b8-6+. The summed E-state index contributed by atoms with van der Waals surface area (Å²) >= 11 is 0. The van der Waals surface area contributed by atoms with Gasteiger partial charge in [0.05, 0.1) is 19.9 Å². The number of methoxy groups -OCH3 is 2. The highest BCUT2D eigenvalue weighted by Gasteiger charge is 2.04. The van der Waals surface area contributed by atoms with Crippen LogP contribution in [0, 0.1) is 0 Å². The van der Waals surface area contributed by atoms with E-state index < -0.39 is 0 Å². The van der Waals surface area contributed by atoms with Gasteiger partial charge in [-0.05, 0) is 53.6 Å². The van der Waals surface area contributed by atoms with Crippen molar-refractivity contribution in [2.45, 2.75) is 6.54 Å². The third-order valence-electron chi connectivity index (χ3n) is 4.08. The van der Waals surface area contributed by atoms with Gasteiger partial charge in [-0.2, -0.15) is 0 Å². The number of carbonyl (C=O) groups is 1. The van der Waals surface area contributed by atoms with Crippen LogP contribution in [-0.4, -0.2) is 30.1 Å². The topological polar surface area (TPSA) is 73.3 Å². The van der Waals surface area contributed by atoms with Crippen molar-refractivity contribution >= 4 is 12.0 Å². The highest BCUT2D eigenvalue weighted by atomic mass is 16.5. The first-order chi connectivity index (χ1) is 13.7. The van der Waals surface area contributed by atoms with Crippen molar-refractivity contribution in [3.8, 4) is 22.8 Å². The molecule has 0 aliphatic carbocycles. The van der Waals surface area contributed by atoms with Crippen molar-refractivity contribution in [2.24, 2.45) is 0 Å². The van der Waals surface area contributed by atoms with E-state index in [1.54, 1.807) is 45.0 Å². The summed E-state index contributed by atoms with van der Waals surface area (Å²) in [6.07, 6.45) is 8.42. The van der Waals surface area contributed by atoms with Crippen LogP contribution in [-0.2, 0) is 11.3 Å². The Morgan fingerprint density at radius 1 is 1.07 bits per heavy atom.